The second-order valence-electron chi connectivity index (χ2n) is 6.99. The van der Waals surface area contributed by atoms with E-state index in [1.165, 1.54) is 12.8 Å². The van der Waals surface area contributed by atoms with Gasteiger partial charge in [0.2, 0.25) is 4.77 Å². The van der Waals surface area contributed by atoms with Gasteiger partial charge in [0.1, 0.15) is 5.82 Å². The SMILES string of the molecule is C[C@H]1CN(Cn2nc(C3CC3)n(-c3ccccc3)c2=S)[C@@H](C)CO1. The van der Waals surface area contributed by atoms with Gasteiger partial charge in [-0.2, -0.15) is 5.10 Å². The van der Waals surface area contributed by atoms with Gasteiger partial charge in [-0.3, -0.25) is 9.47 Å². The van der Waals surface area contributed by atoms with Crippen molar-refractivity contribution in [1.82, 2.24) is 19.2 Å². The normalized spacial score (nSPS) is 25.1. The summed E-state index contributed by atoms with van der Waals surface area (Å²) < 4.78 is 10.7. The molecule has 1 saturated heterocycles. The third-order valence-electron chi connectivity index (χ3n) is 4.87. The molecular formula is C18H24N4OS. The first-order valence-corrected chi connectivity index (χ1v) is 9.15. The molecule has 6 heteroatoms. The van der Waals surface area contributed by atoms with E-state index in [-0.39, 0.29) is 6.10 Å². The Morgan fingerprint density at radius 2 is 1.96 bits per heavy atom. The van der Waals surface area contributed by atoms with Crippen molar-refractivity contribution in [3.63, 3.8) is 0 Å². The van der Waals surface area contributed by atoms with Gasteiger partial charge in [-0.25, -0.2) is 4.68 Å². The van der Waals surface area contributed by atoms with Crippen LogP contribution in [0.5, 0.6) is 0 Å². The minimum absolute atomic E-state index is 0.259. The number of benzene rings is 1. The largest absolute Gasteiger partial charge is 0.376 e. The molecule has 0 amide bonds. The van der Waals surface area contributed by atoms with Crippen molar-refractivity contribution in [3.8, 4) is 5.69 Å². The highest BCUT2D eigenvalue weighted by Gasteiger charge is 2.31. The first kappa shape index (κ1) is 16.0. The van der Waals surface area contributed by atoms with Gasteiger partial charge in [0.15, 0.2) is 0 Å². The van der Waals surface area contributed by atoms with Crippen LogP contribution < -0.4 is 0 Å². The van der Waals surface area contributed by atoms with Crippen LogP contribution in [0.2, 0.25) is 0 Å². The number of hydrogen-bond acceptors (Lipinski definition) is 4. The molecule has 0 spiro atoms. The predicted molar refractivity (Wildman–Crippen MR) is 95.9 cm³/mol. The summed E-state index contributed by atoms with van der Waals surface area (Å²) in [5, 5.41) is 4.89. The van der Waals surface area contributed by atoms with Crippen LogP contribution in [-0.4, -0.2) is 44.5 Å². The van der Waals surface area contributed by atoms with Crippen LogP contribution in [0.15, 0.2) is 30.3 Å². The molecule has 1 aliphatic carbocycles. The molecule has 0 unspecified atom stereocenters. The molecule has 2 aliphatic rings. The number of hydrogen-bond donors (Lipinski definition) is 0. The topological polar surface area (TPSA) is 35.2 Å². The second kappa shape index (κ2) is 6.43. The van der Waals surface area contributed by atoms with Crippen LogP contribution in [0.25, 0.3) is 5.69 Å². The average molecular weight is 344 g/mol. The van der Waals surface area contributed by atoms with E-state index >= 15 is 0 Å². The van der Waals surface area contributed by atoms with Crippen LogP contribution in [0.3, 0.4) is 0 Å². The van der Waals surface area contributed by atoms with Crippen molar-refractivity contribution in [1.29, 1.82) is 0 Å². The lowest BCUT2D eigenvalue weighted by molar-refractivity contribution is -0.0625. The van der Waals surface area contributed by atoms with Gasteiger partial charge in [-0.1, -0.05) is 18.2 Å². The zero-order valence-corrected chi connectivity index (χ0v) is 15.1. The Bertz CT molecular complexity index is 765. The molecule has 2 atom stereocenters. The highest BCUT2D eigenvalue weighted by Crippen LogP contribution is 2.40. The van der Waals surface area contributed by atoms with Crippen LogP contribution >= 0.6 is 12.2 Å². The van der Waals surface area contributed by atoms with Crippen LogP contribution in [0.1, 0.15) is 38.4 Å². The van der Waals surface area contributed by atoms with Crippen molar-refractivity contribution in [2.75, 3.05) is 13.2 Å². The molecule has 24 heavy (non-hydrogen) atoms. The van der Waals surface area contributed by atoms with E-state index in [2.05, 4.69) is 47.6 Å². The molecule has 0 bridgehead atoms. The molecule has 5 nitrogen and oxygen atoms in total. The number of para-hydroxylation sites is 1. The Hall–Kier alpha value is -1.50. The molecule has 4 rings (SSSR count). The monoisotopic (exact) mass is 344 g/mol. The fourth-order valence-electron chi connectivity index (χ4n) is 3.28. The zero-order valence-electron chi connectivity index (χ0n) is 14.3. The summed E-state index contributed by atoms with van der Waals surface area (Å²) in [6, 6.07) is 10.7. The van der Waals surface area contributed by atoms with Crippen molar-refractivity contribution in [3.05, 3.63) is 40.9 Å². The van der Waals surface area contributed by atoms with Gasteiger partial charge in [0.25, 0.3) is 0 Å². The molecule has 2 heterocycles. The minimum atomic E-state index is 0.259. The van der Waals surface area contributed by atoms with Gasteiger partial charge in [-0.05, 0) is 51.0 Å². The average Bonchev–Trinajstić information content (AvgIpc) is 3.37. The number of aromatic nitrogens is 3. The summed E-state index contributed by atoms with van der Waals surface area (Å²) in [6.07, 6.45) is 2.68. The lowest BCUT2D eigenvalue weighted by atomic mass is 10.2. The van der Waals surface area contributed by atoms with E-state index < -0.39 is 0 Å². The first-order chi connectivity index (χ1) is 11.6. The minimum Gasteiger partial charge on any atom is -0.376 e. The Labute approximate surface area is 147 Å². The van der Waals surface area contributed by atoms with Gasteiger partial charge < -0.3 is 4.74 Å². The van der Waals surface area contributed by atoms with E-state index in [9.17, 15) is 0 Å². The van der Waals surface area contributed by atoms with E-state index in [1.54, 1.807) is 0 Å². The van der Waals surface area contributed by atoms with Crippen LogP contribution in [-0.2, 0) is 11.4 Å². The van der Waals surface area contributed by atoms with Crippen molar-refractivity contribution < 1.29 is 4.74 Å². The summed E-state index contributed by atoms with van der Waals surface area (Å²) in [6.45, 7) is 6.73. The third-order valence-corrected chi connectivity index (χ3v) is 5.27. The molecule has 1 aliphatic heterocycles. The van der Waals surface area contributed by atoms with Gasteiger partial charge in [0, 0.05) is 24.2 Å². The van der Waals surface area contributed by atoms with Crippen molar-refractivity contribution in [2.24, 2.45) is 0 Å². The lowest BCUT2D eigenvalue weighted by Gasteiger charge is -2.36. The quantitative estimate of drug-likeness (QED) is 0.797. The maximum Gasteiger partial charge on any atom is 0.203 e. The Balaban J connectivity index is 1.68. The van der Waals surface area contributed by atoms with Crippen molar-refractivity contribution >= 4 is 12.2 Å². The van der Waals surface area contributed by atoms with Crippen LogP contribution in [0, 0.1) is 4.77 Å². The smallest absolute Gasteiger partial charge is 0.203 e. The molecule has 128 valence electrons. The summed E-state index contributed by atoms with van der Waals surface area (Å²) in [5.74, 6) is 1.66. The highest BCUT2D eigenvalue weighted by molar-refractivity contribution is 7.71. The fraction of sp³-hybridized carbons (Fsp3) is 0.556. The molecule has 2 fully saturated rings. The number of ether oxygens (including phenoxy) is 1. The second-order valence-corrected chi connectivity index (χ2v) is 7.36. The van der Waals surface area contributed by atoms with Gasteiger partial charge in [-0.15, -0.1) is 0 Å². The molecule has 1 aromatic heterocycles. The maximum absolute atomic E-state index is 5.78. The molecule has 1 saturated carbocycles. The molecule has 0 N–H and O–H groups in total. The number of nitrogens with zero attached hydrogens (tertiary/aromatic N) is 4. The van der Waals surface area contributed by atoms with Gasteiger partial charge in [0.05, 0.1) is 19.4 Å². The lowest BCUT2D eigenvalue weighted by Crippen LogP contribution is -2.47. The molecular weight excluding hydrogens is 320 g/mol. The molecule has 0 radical (unpaired) electrons. The summed E-state index contributed by atoms with van der Waals surface area (Å²) in [5.41, 5.74) is 1.11. The summed E-state index contributed by atoms with van der Waals surface area (Å²) in [4.78, 5) is 2.41. The standard InChI is InChI=1S/C18H24N4OS/c1-13-11-23-14(2)10-20(13)12-21-18(24)22(16-6-4-3-5-7-16)17(19-21)15-8-9-15/h3-7,13-15H,8-12H2,1-2H3/t13-,14-/m0/s1. The van der Waals surface area contributed by atoms with E-state index in [0.717, 1.165) is 36.1 Å². The number of rotatable bonds is 4. The maximum atomic E-state index is 5.78. The molecule has 2 aromatic rings. The third kappa shape index (κ3) is 3.06. The Kier molecular flexibility index (Phi) is 4.28. The van der Waals surface area contributed by atoms with Crippen LogP contribution in [0.4, 0.5) is 0 Å². The Morgan fingerprint density at radius 1 is 1.21 bits per heavy atom. The summed E-state index contributed by atoms with van der Waals surface area (Å²) in [7, 11) is 0. The molecule has 1 aromatic carbocycles. The van der Waals surface area contributed by atoms with E-state index in [1.807, 2.05) is 10.7 Å². The fourth-order valence-corrected chi connectivity index (χ4v) is 3.58. The predicted octanol–water partition coefficient (Wildman–Crippen LogP) is 3.35. The van der Waals surface area contributed by atoms with Crippen molar-refractivity contribution in [2.45, 2.75) is 51.4 Å². The zero-order chi connectivity index (χ0) is 16.7. The van der Waals surface area contributed by atoms with E-state index in [0.29, 0.717) is 12.0 Å². The summed E-state index contributed by atoms with van der Waals surface area (Å²) >= 11 is 5.78. The first-order valence-electron chi connectivity index (χ1n) is 8.74. The number of morpholine rings is 1. The Morgan fingerprint density at radius 3 is 2.67 bits per heavy atom. The van der Waals surface area contributed by atoms with Gasteiger partial charge >= 0.3 is 0 Å². The highest BCUT2D eigenvalue weighted by atomic mass is 32.1. The van der Waals surface area contributed by atoms with E-state index in [4.69, 9.17) is 22.1 Å².